The Morgan fingerprint density at radius 3 is 2.73 bits per heavy atom. The van der Waals surface area contributed by atoms with Crippen molar-refractivity contribution in [2.45, 2.75) is 17.9 Å². The van der Waals surface area contributed by atoms with Crippen molar-refractivity contribution in [3.8, 4) is 12.3 Å². The number of sulfonamides is 1. The summed E-state index contributed by atoms with van der Waals surface area (Å²) in [7, 11) is -3.60. The van der Waals surface area contributed by atoms with Gasteiger partial charge >= 0.3 is 0 Å². The number of anilines is 1. The second-order valence-electron chi connectivity index (χ2n) is 2.93. The molecule has 0 aliphatic rings. The molecule has 1 rings (SSSR count). The molecule has 3 N–H and O–H groups in total. The van der Waals surface area contributed by atoms with Gasteiger partial charge in [-0.15, -0.1) is 6.42 Å². The average molecular weight is 225 g/mol. The van der Waals surface area contributed by atoms with Gasteiger partial charge in [-0.25, -0.2) is 13.4 Å². The topological polar surface area (TPSA) is 85.1 Å². The highest BCUT2D eigenvalue weighted by atomic mass is 32.2. The highest BCUT2D eigenvalue weighted by molar-refractivity contribution is 7.89. The number of aromatic nitrogens is 1. The summed E-state index contributed by atoms with van der Waals surface area (Å²) in [5.41, 5.74) is 5.34. The van der Waals surface area contributed by atoms with E-state index in [-0.39, 0.29) is 10.7 Å². The number of nitrogens with one attached hydrogen (secondary N) is 1. The molecule has 1 heterocycles. The van der Waals surface area contributed by atoms with Gasteiger partial charge in [-0.3, -0.25) is 0 Å². The van der Waals surface area contributed by atoms with E-state index in [1.807, 2.05) is 0 Å². The molecule has 0 saturated carbocycles. The molecule has 0 aromatic carbocycles. The van der Waals surface area contributed by atoms with Gasteiger partial charge in [0.25, 0.3) is 0 Å². The van der Waals surface area contributed by atoms with Crippen LogP contribution in [-0.2, 0) is 10.0 Å². The molecular weight excluding hydrogens is 214 g/mol. The number of nitrogens with two attached hydrogens (primary N) is 1. The molecule has 0 fully saturated rings. The molecule has 1 atom stereocenters. The fraction of sp³-hybridized carbons (Fsp3) is 0.222. The van der Waals surface area contributed by atoms with Crippen molar-refractivity contribution >= 4 is 15.8 Å². The Morgan fingerprint density at radius 2 is 2.27 bits per heavy atom. The van der Waals surface area contributed by atoms with Crippen LogP contribution in [-0.4, -0.2) is 19.4 Å². The lowest BCUT2D eigenvalue weighted by Crippen LogP contribution is -2.31. The summed E-state index contributed by atoms with van der Waals surface area (Å²) in [4.78, 5) is 3.73. The van der Waals surface area contributed by atoms with Crippen LogP contribution in [0.1, 0.15) is 6.92 Å². The summed E-state index contributed by atoms with van der Waals surface area (Å²) in [6.07, 6.45) is 6.25. The number of terminal acetylenes is 1. The third-order valence-corrected chi connectivity index (χ3v) is 3.18. The molecule has 0 aliphatic heterocycles. The molecule has 6 heteroatoms. The number of nitrogens with zero attached hydrogens (tertiary/aromatic N) is 1. The Balaban J connectivity index is 2.98. The first-order chi connectivity index (χ1) is 6.95. The number of pyridine rings is 1. The van der Waals surface area contributed by atoms with E-state index in [0.717, 1.165) is 0 Å². The minimum absolute atomic E-state index is 0.0406. The van der Waals surface area contributed by atoms with E-state index >= 15 is 0 Å². The van der Waals surface area contributed by atoms with Gasteiger partial charge in [0.1, 0.15) is 10.7 Å². The zero-order chi connectivity index (χ0) is 11.5. The quantitative estimate of drug-likeness (QED) is 0.707. The third-order valence-electron chi connectivity index (χ3n) is 1.65. The van der Waals surface area contributed by atoms with E-state index in [4.69, 9.17) is 12.2 Å². The van der Waals surface area contributed by atoms with Crippen LogP contribution in [0, 0.1) is 12.3 Å². The molecule has 5 nitrogen and oxygen atoms in total. The zero-order valence-corrected chi connectivity index (χ0v) is 8.95. The Bertz CT molecular complexity index is 473. The summed E-state index contributed by atoms with van der Waals surface area (Å²) >= 11 is 0. The van der Waals surface area contributed by atoms with Crippen molar-refractivity contribution in [2.75, 3.05) is 5.73 Å². The van der Waals surface area contributed by atoms with Crippen LogP contribution >= 0.6 is 0 Å². The number of hydrogen-bond donors (Lipinski definition) is 2. The van der Waals surface area contributed by atoms with Gasteiger partial charge in [0.2, 0.25) is 10.0 Å². The van der Waals surface area contributed by atoms with Gasteiger partial charge < -0.3 is 5.73 Å². The minimum atomic E-state index is -3.60. The van der Waals surface area contributed by atoms with Crippen LogP contribution in [0.3, 0.4) is 0 Å². The van der Waals surface area contributed by atoms with E-state index < -0.39 is 16.1 Å². The van der Waals surface area contributed by atoms with E-state index in [2.05, 4.69) is 15.6 Å². The lowest BCUT2D eigenvalue weighted by molar-refractivity contribution is 0.577. The van der Waals surface area contributed by atoms with Crippen LogP contribution in [0.2, 0.25) is 0 Å². The van der Waals surface area contributed by atoms with E-state index in [0.29, 0.717) is 0 Å². The lowest BCUT2D eigenvalue weighted by Gasteiger charge is -2.08. The molecule has 0 spiro atoms. The first-order valence-electron chi connectivity index (χ1n) is 4.15. The fourth-order valence-electron chi connectivity index (χ4n) is 0.885. The van der Waals surface area contributed by atoms with E-state index in [1.165, 1.54) is 18.3 Å². The Kier molecular flexibility index (Phi) is 3.29. The maximum absolute atomic E-state index is 11.6. The molecule has 1 aromatic rings. The molecule has 80 valence electrons. The monoisotopic (exact) mass is 225 g/mol. The molecule has 1 unspecified atom stereocenters. The molecule has 0 radical (unpaired) electrons. The zero-order valence-electron chi connectivity index (χ0n) is 8.14. The summed E-state index contributed by atoms with van der Waals surface area (Å²) in [6.45, 7) is 1.57. The van der Waals surface area contributed by atoms with Crippen molar-refractivity contribution in [2.24, 2.45) is 0 Å². The van der Waals surface area contributed by atoms with Crippen LogP contribution in [0.4, 0.5) is 5.82 Å². The average Bonchev–Trinajstić information content (AvgIpc) is 2.17. The van der Waals surface area contributed by atoms with Gasteiger partial charge in [-0.05, 0) is 19.1 Å². The standard InChI is InChI=1S/C9H11N3O2S/c1-3-7(2)12-15(13,14)8-4-5-9(10)11-6-8/h1,4-7,12H,2H3,(H2,10,11). The highest BCUT2D eigenvalue weighted by Gasteiger charge is 2.16. The SMILES string of the molecule is C#CC(C)NS(=O)(=O)c1ccc(N)nc1. The smallest absolute Gasteiger partial charge is 0.243 e. The Morgan fingerprint density at radius 1 is 1.60 bits per heavy atom. The molecule has 1 aromatic heterocycles. The molecule has 0 bridgehead atoms. The Hall–Kier alpha value is -1.58. The number of hydrogen-bond acceptors (Lipinski definition) is 4. The summed E-state index contributed by atoms with van der Waals surface area (Å²) in [5, 5.41) is 0. The molecular formula is C9H11N3O2S. The van der Waals surface area contributed by atoms with Gasteiger partial charge in [0.05, 0.1) is 6.04 Å². The van der Waals surface area contributed by atoms with Gasteiger partial charge in [-0.2, -0.15) is 4.72 Å². The second-order valence-corrected chi connectivity index (χ2v) is 4.64. The van der Waals surface area contributed by atoms with Crippen molar-refractivity contribution in [3.05, 3.63) is 18.3 Å². The largest absolute Gasteiger partial charge is 0.384 e. The maximum atomic E-state index is 11.6. The predicted octanol–water partition coefficient (Wildman–Crippen LogP) is -0.0362. The lowest BCUT2D eigenvalue weighted by atomic mass is 10.4. The number of nitrogen functional groups attached to an aromatic ring is 1. The van der Waals surface area contributed by atoms with Crippen LogP contribution in [0.5, 0.6) is 0 Å². The summed E-state index contributed by atoms with van der Waals surface area (Å²) < 4.78 is 25.5. The van der Waals surface area contributed by atoms with E-state index in [1.54, 1.807) is 6.92 Å². The van der Waals surface area contributed by atoms with Crippen molar-refractivity contribution in [1.82, 2.24) is 9.71 Å². The van der Waals surface area contributed by atoms with Gasteiger partial charge in [0, 0.05) is 6.20 Å². The third kappa shape index (κ3) is 2.94. The van der Waals surface area contributed by atoms with Crippen LogP contribution < -0.4 is 10.5 Å². The van der Waals surface area contributed by atoms with Crippen LogP contribution in [0.15, 0.2) is 23.2 Å². The van der Waals surface area contributed by atoms with E-state index in [9.17, 15) is 8.42 Å². The maximum Gasteiger partial charge on any atom is 0.243 e. The predicted molar refractivity (Wildman–Crippen MR) is 57.3 cm³/mol. The van der Waals surface area contributed by atoms with Crippen molar-refractivity contribution in [3.63, 3.8) is 0 Å². The Labute approximate surface area is 88.8 Å². The van der Waals surface area contributed by atoms with Gasteiger partial charge in [-0.1, -0.05) is 5.92 Å². The van der Waals surface area contributed by atoms with Crippen LogP contribution in [0.25, 0.3) is 0 Å². The molecule has 0 aliphatic carbocycles. The minimum Gasteiger partial charge on any atom is -0.384 e. The summed E-state index contributed by atoms with van der Waals surface area (Å²) in [5.74, 6) is 2.53. The van der Waals surface area contributed by atoms with Crippen molar-refractivity contribution in [1.29, 1.82) is 0 Å². The number of rotatable bonds is 3. The summed E-state index contributed by atoms with van der Waals surface area (Å²) in [6, 6.07) is 2.22. The first-order valence-corrected chi connectivity index (χ1v) is 5.64. The van der Waals surface area contributed by atoms with Crippen molar-refractivity contribution < 1.29 is 8.42 Å². The molecule has 0 amide bonds. The highest BCUT2D eigenvalue weighted by Crippen LogP contribution is 2.08. The molecule has 0 saturated heterocycles. The normalized spacial score (nSPS) is 13.1. The molecule has 15 heavy (non-hydrogen) atoms. The fourth-order valence-corrected chi connectivity index (χ4v) is 1.99. The van der Waals surface area contributed by atoms with Gasteiger partial charge in [0.15, 0.2) is 0 Å². The second kappa shape index (κ2) is 4.29. The first kappa shape index (κ1) is 11.5.